The molecule has 10 nitrogen and oxygen atoms in total. The molecule has 1 atom stereocenters. The number of nitrogens with one attached hydrogen (secondary N) is 2. The lowest BCUT2D eigenvalue weighted by molar-refractivity contribution is -0.386. The maximum absolute atomic E-state index is 12.8. The standard InChI is InChI=1S/C21H29N3O7/c1-6-7-8-30-19-15(24(27)28)9-14(10-16(19)29-5)18-17(13(4)22-21(26)23-18)20(25)31-11-12(2)3/h9-10,12,18H,6-8,11H2,1-5H3,(H2,22,23,26). The Morgan fingerprint density at radius 3 is 2.61 bits per heavy atom. The van der Waals surface area contributed by atoms with Gasteiger partial charge in [0, 0.05) is 11.8 Å². The minimum absolute atomic E-state index is 0.00889. The van der Waals surface area contributed by atoms with Gasteiger partial charge in [0.2, 0.25) is 5.75 Å². The van der Waals surface area contributed by atoms with Gasteiger partial charge in [0.1, 0.15) is 0 Å². The van der Waals surface area contributed by atoms with Gasteiger partial charge in [0.05, 0.1) is 36.9 Å². The van der Waals surface area contributed by atoms with E-state index in [-0.39, 0.29) is 35.3 Å². The molecule has 0 aliphatic carbocycles. The van der Waals surface area contributed by atoms with E-state index in [4.69, 9.17) is 14.2 Å². The lowest BCUT2D eigenvalue weighted by Crippen LogP contribution is -2.45. The molecule has 0 saturated carbocycles. The zero-order valence-electron chi connectivity index (χ0n) is 18.4. The monoisotopic (exact) mass is 435 g/mol. The van der Waals surface area contributed by atoms with Crippen molar-refractivity contribution in [3.8, 4) is 11.5 Å². The van der Waals surface area contributed by atoms with E-state index in [0.717, 1.165) is 12.8 Å². The van der Waals surface area contributed by atoms with Gasteiger partial charge < -0.3 is 24.8 Å². The topological polar surface area (TPSA) is 129 Å². The molecule has 0 aromatic heterocycles. The summed E-state index contributed by atoms with van der Waals surface area (Å²) < 4.78 is 16.3. The number of methoxy groups -OCH3 is 1. The molecule has 1 aromatic carbocycles. The van der Waals surface area contributed by atoms with Gasteiger partial charge in [0.15, 0.2) is 5.75 Å². The molecule has 1 heterocycles. The first-order chi connectivity index (χ1) is 14.7. The van der Waals surface area contributed by atoms with Gasteiger partial charge >= 0.3 is 17.7 Å². The Morgan fingerprint density at radius 1 is 1.32 bits per heavy atom. The summed E-state index contributed by atoms with van der Waals surface area (Å²) in [5, 5.41) is 16.9. The van der Waals surface area contributed by atoms with Crippen molar-refractivity contribution in [2.24, 2.45) is 5.92 Å². The number of nitro benzene ring substituents is 1. The number of carbonyl (C=O) groups is 2. The molecule has 1 aliphatic rings. The average Bonchev–Trinajstić information content (AvgIpc) is 2.71. The smallest absolute Gasteiger partial charge is 0.338 e. The maximum atomic E-state index is 12.8. The predicted octanol–water partition coefficient (Wildman–Crippen LogP) is 3.61. The van der Waals surface area contributed by atoms with Crippen molar-refractivity contribution < 1.29 is 28.7 Å². The SMILES string of the molecule is CCCCOc1c(OC)cc(C2NC(=O)NC(C)=C2C(=O)OCC(C)C)cc1[N+](=O)[O-]. The molecule has 0 fully saturated rings. The van der Waals surface area contributed by atoms with E-state index in [2.05, 4.69) is 10.6 Å². The molecular formula is C21H29N3O7. The third-order valence-electron chi connectivity index (χ3n) is 4.59. The third kappa shape index (κ3) is 5.87. The molecule has 0 bridgehead atoms. The van der Waals surface area contributed by atoms with Gasteiger partial charge in [-0.15, -0.1) is 0 Å². The zero-order chi connectivity index (χ0) is 23.1. The Bertz CT molecular complexity index is 880. The number of rotatable bonds is 10. The molecule has 10 heteroatoms. The summed E-state index contributed by atoms with van der Waals surface area (Å²) in [4.78, 5) is 36.0. The van der Waals surface area contributed by atoms with Crippen LogP contribution in [0.1, 0.15) is 52.1 Å². The number of unbranched alkanes of at least 4 members (excludes halogenated alkanes) is 1. The number of amides is 2. The van der Waals surface area contributed by atoms with Crippen LogP contribution in [0.2, 0.25) is 0 Å². The molecule has 1 unspecified atom stereocenters. The van der Waals surface area contributed by atoms with Gasteiger partial charge in [-0.1, -0.05) is 27.2 Å². The average molecular weight is 435 g/mol. The molecule has 1 aliphatic heterocycles. The fourth-order valence-electron chi connectivity index (χ4n) is 3.06. The number of carbonyl (C=O) groups excluding carboxylic acids is 2. The van der Waals surface area contributed by atoms with Crippen molar-refractivity contribution >= 4 is 17.7 Å². The molecule has 170 valence electrons. The number of nitro groups is 1. The summed E-state index contributed by atoms with van der Waals surface area (Å²) in [7, 11) is 1.37. The van der Waals surface area contributed by atoms with Crippen LogP contribution in [-0.2, 0) is 9.53 Å². The minimum atomic E-state index is -0.953. The number of benzene rings is 1. The van der Waals surface area contributed by atoms with Gasteiger partial charge in [-0.25, -0.2) is 9.59 Å². The summed E-state index contributed by atoms with van der Waals surface area (Å²) in [5.74, 6) is -0.348. The van der Waals surface area contributed by atoms with E-state index in [9.17, 15) is 19.7 Å². The van der Waals surface area contributed by atoms with Gasteiger partial charge in [0.25, 0.3) is 0 Å². The Morgan fingerprint density at radius 2 is 2.03 bits per heavy atom. The van der Waals surface area contributed by atoms with E-state index in [1.54, 1.807) is 6.92 Å². The highest BCUT2D eigenvalue weighted by Crippen LogP contribution is 2.41. The number of allylic oxidation sites excluding steroid dienone is 1. The summed E-state index contributed by atoms with van der Waals surface area (Å²) >= 11 is 0. The molecular weight excluding hydrogens is 406 g/mol. The fraction of sp³-hybridized carbons (Fsp3) is 0.524. The second kappa shape index (κ2) is 10.6. The fourth-order valence-corrected chi connectivity index (χ4v) is 3.06. The van der Waals surface area contributed by atoms with E-state index >= 15 is 0 Å². The first-order valence-electron chi connectivity index (χ1n) is 10.1. The summed E-state index contributed by atoms with van der Waals surface area (Å²) in [6.07, 6.45) is 1.58. The van der Waals surface area contributed by atoms with Crippen LogP contribution in [0.3, 0.4) is 0 Å². The van der Waals surface area contributed by atoms with Crippen LogP contribution >= 0.6 is 0 Å². The van der Waals surface area contributed by atoms with Crippen LogP contribution in [0.4, 0.5) is 10.5 Å². The third-order valence-corrected chi connectivity index (χ3v) is 4.59. The van der Waals surface area contributed by atoms with Crippen molar-refractivity contribution in [3.05, 3.63) is 39.1 Å². The molecule has 2 amide bonds. The number of hydrogen-bond donors (Lipinski definition) is 2. The van der Waals surface area contributed by atoms with Gasteiger partial charge in [-0.2, -0.15) is 0 Å². The predicted molar refractivity (Wildman–Crippen MR) is 113 cm³/mol. The number of urea groups is 1. The van der Waals surface area contributed by atoms with Crippen LogP contribution < -0.4 is 20.1 Å². The molecule has 0 spiro atoms. The molecule has 2 rings (SSSR count). The second-order valence-electron chi connectivity index (χ2n) is 7.59. The van der Waals surface area contributed by atoms with Crippen molar-refractivity contribution in [1.29, 1.82) is 0 Å². The quantitative estimate of drug-likeness (QED) is 0.248. The highest BCUT2D eigenvalue weighted by Gasteiger charge is 2.35. The molecule has 1 aromatic rings. The minimum Gasteiger partial charge on any atom is -0.493 e. The van der Waals surface area contributed by atoms with Gasteiger partial charge in [-0.05, 0) is 30.9 Å². The van der Waals surface area contributed by atoms with Crippen LogP contribution in [-0.4, -0.2) is 37.2 Å². The normalized spacial score (nSPS) is 15.9. The first kappa shape index (κ1) is 24.0. The molecule has 2 N–H and O–H groups in total. The van der Waals surface area contributed by atoms with E-state index < -0.39 is 23.0 Å². The zero-order valence-corrected chi connectivity index (χ0v) is 18.4. The lowest BCUT2D eigenvalue weighted by Gasteiger charge is -2.28. The largest absolute Gasteiger partial charge is 0.493 e. The Kier molecular flexibility index (Phi) is 8.23. The summed E-state index contributed by atoms with van der Waals surface area (Å²) in [6.45, 7) is 7.85. The van der Waals surface area contributed by atoms with Crippen molar-refractivity contribution in [3.63, 3.8) is 0 Å². The van der Waals surface area contributed by atoms with Crippen molar-refractivity contribution in [2.45, 2.75) is 46.6 Å². The lowest BCUT2D eigenvalue weighted by atomic mass is 9.94. The van der Waals surface area contributed by atoms with Crippen molar-refractivity contribution in [1.82, 2.24) is 10.6 Å². The second-order valence-corrected chi connectivity index (χ2v) is 7.59. The van der Waals surface area contributed by atoms with Crippen LogP contribution in [0.25, 0.3) is 0 Å². The van der Waals surface area contributed by atoms with E-state index in [1.165, 1.54) is 19.2 Å². The molecule has 0 saturated heterocycles. The van der Waals surface area contributed by atoms with Crippen LogP contribution in [0, 0.1) is 16.0 Å². The highest BCUT2D eigenvalue weighted by molar-refractivity contribution is 5.95. The molecule has 0 radical (unpaired) electrons. The number of hydrogen-bond acceptors (Lipinski definition) is 7. The Hall–Kier alpha value is -3.30. The van der Waals surface area contributed by atoms with E-state index in [0.29, 0.717) is 17.9 Å². The number of nitrogens with zero attached hydrogens (tertiary/aromatic N) is 1. The Labute approximate surface area is 181 Å². The van der Waals surface area contributed by atoms with Crippen LogP contribution in [0.15, 0.2) is 23.4 Å². The number of ether oxygens (including phenoxy) is 3. The number of esters is 1. The Balaban J connectivity index is 2.53. The maximum Gasteiger partial charge on any atom is 0.338 e. The van der Waals surface area contributed by atoms with E-state index in [1.807, 2.05) is 20.8 Å². The van der Waals surface area contributed by atoms with Crippen molar-refractivity contribution in [2.75, 3.05) is 20.3 Å². The summed E-state index contributed by atoms with van der Waals surface area (Å²) in [5.41, 5.74) is 0.464. The molecule has 31 heavy (non-hydrogen) atoms. The van der Waals surface area contributed by atoms with Gasteiger partial charge in [-0.3, -0.25) is 10.1 Å². The highest BCUT2D eigenvalue weighted by atomic mass is 16.6. The summed E-state index contributed by atoms with van der Waals surface area (Å²) in [6, 6.07) is 1.31. The first-order valence-corrected chi connectivity index (χ1v) is 10.1. The van der Waals surface area contributed by atoms with Crippen LogP contribution in [0.5, 0.6) is 11.5 Å².